The molecule has 4 rings (SSSR count). The Kier molecular flexibility index (Phi) is 5.41. The van der Waals surface area contributed by atoms with Gasteiger partial charge in [-0.25, -0.2) is 0 Å². The van der Waals surface area contributed by atoms with E-state index in [2.05, 4.69) is 18.2 Å². The molecule has 5 heteroatoms. The number of morpholine rings is 1. The molecule has 0 bridgehead atoms. The third-order valence-electron chi connectivity index (χ3n) is 5.38. The van der Waals surface area contributed by atoms with Crippen LogP contribution in [0, 0.1) is 6.92 Å². The molecule has 1 saturated heterocycles. The van der Waals surface area contributed by atoms with E-state index < -0.39 is 0 Å². The summed E-state index contributed by atoms with van der Waals surface area (Å²) >= 11 is 0. The van der Waals surface area contributed by atoms with Gasteiger partial charge in [0.2, 0.25) is 0 Å². The van der Waals surface area contributed by atoms with Crippen molar-refractivity contribution in [3.8, 4) is 11.5 Å². The molecular weight excluding hydrogens is 366 g/mol. The lowest BCUT2D eigenvalue weighted by Gasteiger charge is -2.33. The molecule has 0 aromatic heterocycles. The Morgan fingerprint density at radius 3 is 2.59 bits per heavy atom. The monoisotopic (exact) mass is 391 g/mol. The van der Waals surface area contributed by atoms with E-state index in [1.165, 1.54) is 0 Å². The van der Waals surface area contributed by atoms with Crippen LogP contribution in [0.4, 0.5) is 0 Å². The number of ether oxygens (including phenoxy) is 3. The van der Waals surface area contributed by atoms with E-state index in [0.29, 0.717) is 31.0 Å². The Bertz CT molecular complexity index is 1050. The summed E-state index contributed by atoms with van der Waals surface area (Å²) in [5.74, 6) is 1.42. The van der Waals surface area contributed by atoms with E-state index in [0.717, 1.165) is 27.6 Å². The predicted molar refractivity (Wildman–Crippen MR) is 113 cm³/mol. The summed E-state index contributed by atoms with van der Waals surface area (Å²) in [4.78, 5) is 15.0. The molecule has 0 spiro atoms. The van der Waals surface area contributed by atoms with Crippen LogP contribution in [0.2, 0.25) is 0 Å². The van der Waals surface area contributed by atoms with Crippen LogP contribution >= 0.6 is 0 Å². The standard InChI is InChI=1S/C24H25NO4/c1-16-4-9-21(22(12-16)28-3)24(26)25-10-11-29-23(15-25)19-6-5-18-14-20(27-2)8-7-17(18)13-19/h4-9,12-14,23H,10-11,15H2,1-3H3/t23-/m0/s1. The molecule has 5 nitrogen and oxygen atoms in total. The van der Waals surface area contributed by atoms with Crippen LogP contribution in [0.3, 0.4) is 0 Å². The van der Waals surface area contributed by atoms with Gasteiger partial charge in [0, 0.05) is 6.54 Å². The van der Waals surface area contributed by atoms with Crippen LogP contribution in [-0.2, 0) is 4.74 Å². The number of fused-ring (bicyclic) bond motifs is 1. The number of carbonyl (C=O) groups excluding carboxylic acids is 1. The van der Waals surface area contributed by atoms with Gasteiger partial charge in [-0.2, -0.15) is 0 Å². The number of hydrogen-bond acceptors (Lipinski definition) is 4. The predicted octanol–water partition coefficient (Wildman–Crippen LogP) is 4.38. The first kappa shape index (κ1) is 19.3. The van der Waals surface area contributed by atoms with E-state index >= 15 is 0 Å². The minimum atomic E-state index is -0.157. The highest BCUT2D eigenvalue weighted by Gasteiger charge is 2.27. The molecule has 1 amide bonds. The maximum absolute atomic E-state index is 13.1. The fraction of sp³-hybridized carbons (Fsp3) is 0.292. The molecule has 0 unspecified atom stereocenters. The largest absolute Gasteiger partial charge is 0.497 e. The molecule has 0 aliphatic carbocycles. The Balaban J connectivity index is 1.57. The molecule has 29 heavy (non-hydrogen) atoms. The van der Waals surface area contributed by atoms with E-state index in [9.17, 15) is 4.79 Å². The lowest BCUT2D eigenvalue weighted by atomic mass is 10.0. The first-order valence-electron chi connectivity index (χ1n) is 9.72. The van der Waals surface area contributed by atoms with Crippen molar-refractivity contribution in [3.05, 3.63) is 71.3 Å². The third kappa shape index (κ3) is 3.91. The number of benzene rings is 3. The Labute approximate surface area is 170 Å². The number of hydrogen-bond donors (Lipinski definition) is 0. The lowest BCUT2D eigenvalue weighted by molar-refractivity contribution is -0.0228. The van der Waals surface area contributed by atoms with Crippen molar-refractivity contribution in [1.29, 1.82) is 0 Å². The molecule has 1 heterocycles. The third-order valence-corrected chi connectivity index (χ3v) is 5.38. The van der Waals surface area contributed by atoms with E-state index in [4.69, 9.17) is 14.2 Å². The van der Waals surface area contributed by atoms with Crippen LogP contribution < -0.4 is 9.47 Å². The second-order valence-electron chi connectivity index (χ2n) is 7.29. The molecule has 1 aliphatic heterocycles. The molecule has 1 aliphatic rings. The van der Waals surface area contributed by atoms with Gasteiger partial charge >= 0.3 is 0 Å². The van der Waals surface area contributed by atoms with Crippen molar-refractivity contribution in [1.82, 2.24) is 4.90 Å². The Morgan fingerprint density at radius 2 is 1.79 bits per heavy atom. The summed E-state index contributed by atoms with van der Waals surface area (Å²) in [6.45, 7) is 3.57. The number of carbonyl (C=O) groups is 1. The van der Waals surface area contributed by atoms with Crippen molar-refractivity contribution in [2.24, 2.45) is 0 Å². The van der Waals surface area contributed by atoms with Crippen LogP contribution in [0.15, 0.2) is 54.6 Å². The summed E-state index contributed by atoms with van der Waals surface area (Å²) < 4.78 is 16.7. The fourth-order valence-corrected chi connectivity index (χ4v) is 3.75. The molecule has 150 valence electrons. The van der Waals surface area contributed by atoms with Crippen molar-refractivity contribution < 1.29 is 19.0 Å². The summed E-state index contributed by atoms with van der Waals surface area (Å²) in [6.07, 6.45) is -0.157. The zero-order valence-corrected chi connectivity index (χ0v) is 17.0. The van der Waals surface area contributed by atoms with Crippen molar-refractivity contribution in [2.45, 2.75) is 13.0 Å². The summed E-state index contributed by atoms with van der Waals surface area (Å²) in [7, 11) is 3.26. The van der Waals surface area contributed by atoms with Crippen LogP contribution in [0.5, 0.6) is 11.5 Å². The van der Waals surface area contributed by atoms with Gasteiger partial charge in [0.15, 0.2) is 0 Å². The number of methoxy groups -OCH3 is 2. The first-order valence-corrected chi connectivity index (χ1v) is 9.72. The number of amides is 1. The molecule has 3 aromatic rings. The number of rotatable bonds is 4. The van der Waals surface area contributed by atoms with Crippen LogP contribution in [-0.4, -0.2) is 44.7 Å². The van der Waals surface area contributed by atoms with Crippen molar-refractivity contribution >= 4 is 16.7 Å². The molecule has 1 fully saturated rings. The average molecular weight is 391 g/mol. The maximum Gasteiger partial charge on any atom is 0.257 e. The SMILES string of the molecule is COc1ccc2cc([C@@H]3CN(C(=O)c4ccc(C)cc4OC)CCO3)ccc2c1. The quantitative estimate of drug-likeness (QED) is 0.662. The minimum absolute atomic E-state index is 0.0272. The Morgan fingerprint density at radius 1 is 1.00 bits per heavy atom. The maximum atomic E-state index is 13.1. The van der Waals surface area contributed by atoms with Gasteiger partial charge in [0.05, 0.1) is 32.9 Å². The minimum Gasteiger partial charge on any atom is -0.497 e. The van der Waals surface area contributed by atoms with Crippen molar-refractivity contribution in [3.63, 3.8) is 0 Å². The van der Waals surface area contributed by atoms with Gasteiger partial charge in [0.1, 0.15) is 17.6 Å². The highest BCUT2D eigenvalue weighted by Crippen LogP contribution is 2.29. The van der Waals surface area contributed by atoms with Crippen molar-refractivity contribution in [2.75, 3.05) is 33.9 Å². The zero-order valence-electron chi connectivity index (χ0n) is 17.0. The molecule has 3 aromatic carbocycles. The van der Waals surface area contributed by atoms with Gasteiger partial charge < -0.3 is 19.1 Å². The van der Waals surface area contributed by atoms with Gasteiger partial charge in [-0.15, -0.1) is 0 Å². The van der Waals surface area contributed by atoms with Crippen LogP contribution in [0.25, 0.3) is 10.8 Å². The smallest absolute Gasteiger partial charge is 0.257 e. The lowest BCUT2D eigenvalue weighted by Crippen LogP contribution is -2.42. The van der Waals surface area contributed by atoms with Gasteiger partial charge in [-0.05, 0) is 59.2 Å². The highest BCUT2D eigenvalue weighted by molar-refractivity contribution is 5.97. The molecular formula is C24H25NO4. The zero-order chi connectivity index (χ0) is 20.4. The van der Waals surface area contributed by atoms with E-state index in [1.54, 1.807) is 14.2 Å². The topological polar surface area (TPSA) is 48.0 Å². The molecule has 0 saturated carbocycles. The first-order chi connectivity index (χ1) is 14.1. The Hall–Kier alpha value is -3.05. The average Bonchev–Trinajstić information content (AvgIpc) is 2.77. The van der Waals surface area contributed by atoms with Gasteiger partial charge in [0.25, 0.3) is 5.91 Å². The van der Waals surface area contributed by atoms with Gasteiger partial charge in [-0.1, -0.05) is 24.3 Å². The number of aryl methyl sites for hydroxylation is 1. The van der Waals surface area contributed by atoms with Gasteiger partial charge in [-0.3, -0.25) is 4.79 Å². The second-order valence-corrected chi connectivity index (χ2v) is 7.29. The highest BCUT2D eigenvalue weighted by atomic mass is 16.5. The molecule has 0 radical (unpaired) electrons. The van der Waals surface area contributed by atoms with E-state index in [-0.39, 0.29) is 12.0 Å². The van der Waals surface area contributed by atoms with Crippen LogP contribution in [0.1, 0.15) is 27.6 Å². The summed E-state index contributed by atoms with van der Waals surface area (Å²) in [5.41, 5.74) is 2.71. The second kappa shape index (κ2) is 8.13. The number of nitrogens with zero attached hydrogens (tertiary/aromatic N) is 1. The molecule has 1 atom stereocenters. The molecule has 0 N–H and O–H groups in total. The fourth-order valence-electron chi connectivity index (χ4n) is 3.75. The summed E-state index contributed by atoms with van der Waals surface area (Å²) in [6, 6.07) is 17.9. The normalized spacial score (nSPS) is 16.7. The summed E-state index contributed by atoms with van der Waals surface area (Å²) in [5, 5.41) is 2.23. The van der Waals surface area contributed by atoms with E-state index in [1.807, 2.05) is 48.2 Å².